The van der Waals surface area contributed by atoms with E-state index in [9.17, 15) is 0 Å². The molecule has 158 valence electrons. The smallest absolute Gasteiger partial charge is 0.191 e. The summed E-state index contributed by atoms with van der Waals surface area (Å²) in [5.41, 5.74) is 0.342. The second kappa shape index (κ2) is 10.9. The second-order valence-electron chi connectivity index (χ2n) is 8.32. The van der Waals surface area contributed by atoms with Crippen LogP contribution in [0.25, 0.3) is 0 Å². The summed E-state index contributed by atoms with van der Waals surface area (Å²) in [4.78, 5) is 7.56. The van der Waals surface area contributed by atoms with Crippen molar-refractivity contribution in [3.63, 3.8) is 0 Å². The van der Waals surface area contributed by atoms with Crippen LogP contribution in [0.2, 0.25) is 0 Å². The molecule has 2 aliphatic rings. The number of guanidine groups is 1. The number of ether oxygens (including phenoxy) is 1. The van der Waals surface area contributed by atoms with Gasteiger partial charge < -0.3 is 19.8 Å². The number of nitrogens with one attached hydrogen (secondary N) is 2. The third-order valence-corrected chi connectivity index (χ3v) is 6.48. The molecule has 6 nitrogen and oxygen atoms in total. The number of hydrogen-bond donors (Lipinski definition) is 2. The molecule has 1 saturated heterocycles. The molecule has 0 amide bonds. The Morgan fingerprint density at radius 3 is 2.93 bits per heavy atom. The number of methoxy groups -OCH3 is 1. The molecule has 1 saturated carbocycles. The van der Waals surface area contributed by atoms with Crippen LogP contribution in [0.5, 0.6) is 0 Å². The average molecular weight is 391 g/mol. The molecule has 1 aliphatic heterocycles. The van der Waals surface area contributed by atoms with Crippen molar-refractivity contribution in [3.05, 3.63) is 24.2 Å². The van der Waals surface area contributed by atoms with Crippen molar-refractivity contribution in [1.29, 1.82) is 0 Å². The predicted octanol–water partition coefficient (Wildman–Crippen LogP) is 3.05. The van der Waals surface area contributed by atoms with Crippen molar-refractivity contribution < 1.29 is 9.15 Å². The maximum Gasteiger partial charge on any atom is 0.191 e. The van der Waals surface area contributed by atoms with Gasteiger partial charge in [0.1, 0.15) is 5.76 Å². The lowest BCUT2D eigenvalue weighted by Gasteiger charge is -2.40. The number of nitrogens with zero attached hydrogens (tertiary/aromatic N) is 2. The monoisotopic (exact) mass is 390 g/mol. The normalized spacial score (nSPS) is 22.2. The van der Waals surface area contributed by atoms with Gasteiger partial charge in [0.25, 0.3) is 0 Å². The summed E-state index contributed by atoms with van der Waals surface area (Å²) in [5.74, 6) is 1.95. The first-order valence-electron chi connectivity index (χ1n) is 11.0. The highest BCUT2D eigenvalue weighted by atomic mass is 16.5. The highest BCUT2D eigenvalue weighted by molar-refractivity contribution is 5.79. The summed E-state index contributed by atoms with van der Waals surface area (Å²) in [6.07, 6.45) is 10.2. The van der Waals surface area contributed by atoms with E-state index >= 15 is 0 Å². The Labute approximate surface area is 170 Å². The van der Waals surface area contributed by atoms with Gasteiger partial charge in [0.05, 0.1) is 6.26 Å². The maximum absolute atomic E-state index is 5.45. The van der Waals surface area contributed by atoms with Gasteiger partial charge in [0.2, 0.25) is 0 Å². The fraction of sp³-hybridized carbons (Fsp3) is 0.773. The van der Waals surface area contributed by atoms with Gasteiger partial charge in [-0.1, -0.05) is 13.3 Å². The fourth-order valence-corrected chi connectivity index (χ4v) is 4.42. The molecule has 1 aliphatic carbocycles. The molecule has 2 N–H and O–H groups in total. The summed E-state index contributed by atoms with van der Waals surface area (Å²) in [6.45, 7) is 8.11. The summed E-state index contributed by atoms with van der Waals surface area (Å²) >= 11 is 0. The lowest BCUT2D eigenvalue weighted by atomic mass is 9.67. The van der Waals surface area contributed by atoms with E-state index in [-0.39, 0.29) is 0 Å². The van der Waals surface area contributed by atoms with Crippen LogP contribution >= 0.6 is 0 Å². The zero-order chi connectivity index (χ0) is 19.7. The SMILES string of the molecule is CCN1CCCC1CNC(=NCC1(CCOC)CCC1)NCCc1ccco1. The van der Waals surface area contributed by atoms with Gasteiger partial charge in [-0.05, 0) is 62.7 Å². The lowest BCUT2D eigenvalue weighted by molar-refractivity contribution is 0.0778. The average Bonchev–Trinajstić information content (AvgIpc) is 3.35. The van der Waals surface area contributed by atoms with Crippen molar-refractivity contribution in [2.75, 3.05) is 46.4 Å². The van der Waals surface area contributed by atoms with E-state index in [2.05, 4.69) is 22.5 Å². The summed E-state index contributed by atoms with van der Waals surface area (Å²) < 4.78 is 10.8. The van der Waals surface area contributed by atoms with Crippen LogP contribution in [0.3, 0.4) is 0 Å². The first kappa shape index (κ1) is 21.2. The third kappa shape index (κ3) is 5.98. The van der Waals surface area contributed by atoms with Gasteiger partial charge in [-0.3, -0.25) is 9.89 Å². The van der Waals surface area contributed by atoms with E-state index in [1.165, 1.54) is 38.6 Å². The molecule has 0 bridgehead atoms. The molecular weight excluding hydrogens is 352 g/mol. The van der Waals surface area contributed by atoms with E-state index in [0.29, 0.717) is 11.5 Å². The Bertz CT molecular complexity index is 583. The largest absolute Gasteiger partial charge is 0.469 e. The third-order valence-electron chi connectivity index (χ3n) is 6.48. The zero-order valence-electron chi connectivity index (χ0n) is 17.7. The molecule has 28 heavy (non-hydrogen) atoms. The Balaban J connectivity index is 1.54. The van der Waals surface area contributed by atoms with Gasteiger partial charge >= 0.3 is 0 Å². The van der Waals surface area contributed by atoms with E-state index in [1.54, 1.807) is 13.4 Å². The van der Waals surface area contributed by atoms with Gasteiger partial charge in [-0.15, -0.1) is 0 Å². The minimum Gasteiger partial charge on any atom is -0.469 e. The number of hydrogen-bond acceptors (Lipinski definition) is 4. The molecule has 6 heteroatoms. The van der Waals surface area contributed by atoms with Crippen LogP contribution in [-0.4, -0.2) is 63.3 Å². The second-order valence-corrected chi connectivity index (χ2v) is 8.32. The zero-order valence-corrected chi connectivity index (χ0v) is 17.7. The highest BCUT2D eigenvalue weighted by Crippen LogP contribution is 2.44. The Morgan fingerprint density at radius 2 is 2.25 bits per heavy atom. The minimum absolute atomic E-state index is 0.342. The van der Waals surface area contributed by atoms with E-state index in [1.807, 2.05) is 12.1 Å². The number of aliphatic imine (C=N–C) groups is 1. The van der Waals surface area contributed by atoms with Crippen molar-refractivity contribution in [1.82, 2.24) is 15.5 Å². The van der Waals surface area contributed by atoms with Crippen LogP contribution in [-0.2, 0) is 11.2 Å². The van der Waals surface area contributed by atoms with Gasteiger partial charge in [0.15, 0.2) is 5.96 Å². The van der Waals surface area contributed by atoms with E-state index in [0.717, 1.165) is 57.3 Å². The molecule has 1 atom stereocenters. The van der Waals surface area contributed by atoms with Crippen molar-refractivity contribution in [3.8, 4) is 0 Å². The molecule has 0 radical (unpaired) electrons. The molecule has 1 aromatic rings. The number of rotatable bonds is 11. The molecule has 3 rings (SSSR count). The van der Waals surface area contributed by atoms with Crippen LogP contribution in [0.1, 0.15) is 51.2 Å². The van der Waals surface area contributed by atoms with E-state index in [4.69, 9.17) is 14.1 Å². The van der Waals surface area contributed by atoms with Crippen LogP contribution in [0, 0.1) is 5.41 Å². The van der Waals surface area contributed by atoms with Gasteiger partial charge in [0, 0.05) is 45.8 Å². The van der Waals surface area contributed by atoms with Crippen molar-refractivity contribution in [2.45, 2.75) is 57.9 Å². The predicted molar refractivity (Wildman–Crippen MR) is 114 cm³/mol. The van der Waals surface area contributed by atoms with Crippen molar-refractivity contribution >= 4 is 5.96 Å². The molecule has 2 fully saturated rings. The Morgan fingerprint density at radius 1 is 1.36 bits per heavy atom. The van der Waals surface area contributed by atoms with Crippen LogP contribution < -0.4 is 10.6 Å². The lowest BCUT2D eigenvalue weighted by Crippen LogP contribution is -2.46. The number of furan rings is 1. The number of likely N-dealkylation sites (tertiary alicyclic amines) is 1. The molecule has 2 heterocycles. The van der Waals surface area contributed by atoms with Gasteiger partial charge in [-0.25, -0.2) is 0 Å². The Kier molecular flexibility index (Phi) is 8.22. The first-order valence-corrected chi connectivity index (χ1v) is 11.0. The standard InChI is InChI=1S/C22H38N4O2/c1-3-26-14-4-7-19(26)17-24-21(23-13-9-20-8-5-15-28-20)25-18-22(10-6-11-22)12-16-27-2/h5,8,15,19H,3-4,6-7,9-14,16-18H2,1-2H3,(H2,23,24,25). The minimum atomic E-state index is 0.342. The molecule has 1 aromatic heterocycles. The number of likely N-dealkylation sites (N-methyl/N-ethyl adjacent to an activating group) is 1. The Hall–Kier alpha value is -1.53. The van der Waals surface area contributed by atoms with Crippen LogP contribution in [0.4, 0.5) is 0 Å². The summed E-state index contributed by atoms with van der Waals surface area (Å²) in [7, 11) is 1.79. The molecule has 1 unspecified atom stereocenters. The topological polar surface area (TPSA) is 62.0 Å². The van der Waals surface area contributed by atoms with Crippen molar-refractivity contribution in [2.24, 2.45) is 10.4 Å². The van der Waals surface area contributed by atoms with E-state index < -0.39 is 0 Å². The van der Waals surface area contributed by atoms with Gasteiger partial charge in [-0.2, -0.15) is 0 Å². The molecule has 0 spiro atoms. The van der Waals surface area contributed by atoms with Crippen LogP contribution in [0.15, 0.2) is 27.8 Å². The fourth-order valence-electron chi connectivity index (χ4n) is 4.42. The first-order chi connectivity index (χ1) is 13.7. The highest BCUT2D eigenvalue weighted by Gasteiger charge is 2.36. The molecular formula is C22H38N4O2. The quantitative estimate of drug-likeness (QED) is 0.449. The maximum atomic E-state index is 5.45. The molecule has 0 aromatic carbocycles. The summed E-state index contributed by atoms with van der Waals surface area (Å²) in [6, 6.07) is 4.59. The summed E-state index contributed by atoms with van der Waals surface area (Å²) in [5, 5.41) is 7.14.